The number of hydrogen-bond donors (Lipinski definition) is 1. The molecule has 1 N–H and O–H groups in total. The molecule has 130 valence electrons. The van der Waals surface area contributed by atoms with Gasteiger partial charge in [-0.1, -0.05) is 36.0 Å². The summed E-state index contributed by atoms with van der Waals surface area (Å²) in [5.41, 5.74) is 4.54. The Kier molecular flexibility index (Phi) is 4.73. The number of hydrogen-bond acceptors (Lipinski definition) is 6. The van der Waals surface area contributed by atoms with Gasteiger partial charge in [0.2, 0.25) is 0 Å². The summed E-state index contributed by atoms with van der Waals surface area (Å²) in [5, 5.41) is 3.88. The van der Waals surface area contributed by atoms with E-state index < -0.39 is 0 Å². The number of H-pyrrole nitrogens is 1. The van der Waals surface area contributed by atoms with Gasteiger partial charge in [0.15, 0.2) is 5.16 Å². The maximum atomic E-state index is 11.5. The average molecular weight is 381 g/mol. The minimum absolute atomic E-state index is 0.335. The fourth-order valence-electron chi connectivity index (χ4n) is 2.51. The molecule has 0 atom stereocenters. The van der Waals surface area contributed by atoms with E-state index in [0.717, 1.165) is 38.2 Å². The third kappa shape index (κ3) is 3.49. The molecule has 0 bridgehead atoms. The Morgan fingerprint density at radius 2 is 1.96 bits per heavy atom. The van der Waals surface area contributed by atoms with Gasteiger partial charge in [0.25, 0.3) is 0 Å². The fourth-order valence-corrected chi connectivity index (χ4v) is 4.22. The molecule has 2 heterocycles. The molecule has 0 aliphatic heterocycles. The van der Waals surface area contributed by atoms with Crippen molar-refractivity contribution in [2.24, 2.45) is 0 Å². The number of aromatic nitrogens is 3. The third-order valence-corrected chi connectivity index (χ3v) is 5.68. The summed E-state index contributed by atoms with van der Waals surface area (Å²) in [7, 11) is 1.38. The molecule has 26 heavy (non-hydrogen) atoms. The minimum Gasteiger partial charge on any atom is -0.465 e. The Morgan fingerprint density at radius 1 is 1.15 bits per heavy atom. The maximum absolute atomic E-state index is 11.5. The molecule has 4 aromatic rings. The van der Waals surface area contributed by atoms with Crippen LogP contribution in [0.15, 0.2) is 59.1 Å². The van der Waals surface area contributed by atoms with Crippen molar-refractivity contribution < 1.29 is 9.53 Å². The van der Waals surface area contributed by atoms with Crippen LogP contribution in [-0.2, 0) is 10.5 Å². The predicted molar refractivity (Wildman–Crippen MR) is 105 cm³/mol. The van der Waals surface area contributed by atoms with Crippen molar-refractivity contribution in [1.29, 1.82) is 0 Å². The Bertz CT molecular complexity index is 1020. The summed E-state index contributed by atoms with van der Waals surface area (Å²) in [6.45, 7) is 0. The van der Waals surface area contributed by atoms with E-state index >= 15 is 0 Å². The summed E-state index contributed by atoms with van der Waals surface area (Å²) >= 11 is 3.23. The summed E-state index contributed by atoms with van der Waals surface area (Å²) in [5.74, 6) is 0.412. The number of carbonyl (C=O) groups is 1. The van der Waals surface area contributed by atoms with Crippen LogP contribution < -0.4 is 0 Å². The second-order valence-electron chi connectivity index (χ2n) is 5.56. The fraction of sp³-hybridized carbons (Fsp3) is 0.105. The smallest absolute Gasteiger partial charge is 0.337 e. The number of imidazole rings is 1. The lowest BCUT2D eigenvalue weighted by Gasteiger charge is -2.00. The monoisotopic (exact) mass is 381 g/mol. The highest BCUT2D eigenvalue weighted by Crippen LogP contribution is 2.28. The van der Waals surface area contributed by atoms with E-state index in [1.165, 1.54) is 7.11 Å². The van der Waals surface area contributed by atoms with Gasteiger partial charge in [-0.15, -0.1) is 11.3 Å². The zero-order valence-corrected chi connectivity index (χ0v) is 15.6. The number of carbonyl (C=O) groups excluding carboxylic acids is 1. The molecule has 7 heteroatoms. The van der Waals surface area contributed by atoms with Gasteiger partial charge < -0.3 is 9.72 Å². The summed E-state index contributed by atoms with van der Waals surface area (Å²) < 4.78 is 4.72. The number of thioether (sulfide) groups is 1. The van der Waals surface area contributed by atoms with E-state index in [2.05, 4.69) is 20.3 Å². The summed E-state index contributed by atoms with van der Waals surface area (Å²) in [4.78, 5) is 24.1. The van der Waals surface area contributed by atoms with Gasteiger partial charge in [0.1, 0.15) is 5.01 Å². The average Bonchev–Trinajstić information content (AvgIpc) is 3.32. The van der Waals surface area contributed by atoms with Crippen LogP contribution in [0.2, 0.25) is 0 Å². The Morgan fingerprint density at radius 3 is 2.73 bits per heavy atom. The molecule has 0 saturated heterocycles. The normalized spacial score (nSPS) is 11.0. The van der Waals surface area contributed by atoms with E-state index in [1.807, 2.05) is 36.4 Å². The van der Waals surface area contributed by atoms with Crippen molar-refractivity contribution in [2.75, 3.05) is 7.11 Å². The molecule has 4 rings (SSSR count). The van der Waals surface area contributed by atoms with Crippen molar-refractivity contribution in [3.63, 3.8) is 0 Å². The zero-order valence-electron chi connectivity index (χ0n) is 13.9. The van der Waals surface area contributed by atoms with Gasteiger partial charge in [-0.3, -0.25) is 0 Å². The number of benzene rings is 2. The molecule has 0 amide bonds. The predicted octanol–water partition coefficient (Wildman–Crippen LogP) is 4.77. The SMILES string of the molecule is COC(=O)c1ccc(-c2nc(CSc3nc4ccccc4[nH]3)cs2)cc1. The number of methoxy groups -OCH3 is 1. The first-order chi connectivity index (χ1) is 12.7. The highest BCUT2D eigenvalue weighted by molar-refractivity contribution is 7.98. The number of thiazole rings is 1. The van der Waals surface area contributed by atoms with E-state index in [1.54, 1.807) is 35.2 Å². The molecule has 5 nitrogen and oxygen atoms in total. The first kappa shape index (κ1) is 16.8. The van der Waals surface area contributed by atoms with Crippen molar-refractivity contribution in [2.45, 2.75) is 10.9 Å². The van der Waals surface area contributed by atoms with Gasteiger partial charge in [-0.2, -0.15) is 0 Å². The van der Waals surface area contributed by atoms with Crippen LogP contribution >= 0.6 is 23.1 Å². The van der Waals surface area contributed by atoms with Crippen LogP contribution in [0.5, 0.6) is 0 Å². The van der Waals surface area contributed by atoms with Crippen LogP contribution in [0.25, 0.3) is 21.6 Å². The van der Waals surface area contributed by atoms with Crippen LogP contribution in [0.3, 0.4) is 0 Å². The topological polar surface area (TPSA) is 67.9 Å². The lowest BCUT2D eigenvalue weighted by atomic mass is 10.1. The summed E-state index contributed by atoms with van der Waals surface area (Å²) in [6, 6.07) is 15.3. The molecule has 0 aliphatic carbocycles. The number of aromatic amines is 1. The van der Waals surface area contributed by atoms with E-state index in [4.69, 9.17) is 4.74 Å². The minimum atomic E-state index is -0.335. The maximum Gasteiger partial charge on any atom is 0.337 e. The van der Waals surface area contributed by atoms with Gasteiger partial charge in [-0.05, 0) is 24.3 Å². The second-order valence-corrected chi connectivity index (χ2v) is 7.38. The molecule has 0 saturated carbocycles. The van der Waals surface area contributed by atoms with Gasteiger partial charge in [0, 0.05) is 16.7 Å². The van der Waals surface area contributed by atoms with Crippen molar-refractivity contribution in [3.8, 4) is 10.6 Å². The number of nitrogens with one attached hydrogen (secondary N) is 1. The molecular formula is C19H15N3O2S2. The zero-order chi connectivity index (χ0) is 17.9. The number of para-hydroxylation sites is 2. The molecular weight excluding hydrogens is 366 g/mol. The molecule has 0 unspecified atom stereocenters. The Labute approximate surface area is 158 Å². The molecule has 0 aliphatic rings. The third-order valence-electron chi connectivity index (χ3n) is 3.83. The van der Waals surface area contributed by atoms with Crippen LogP contribution in [0, 0.1) is 0 Å². The molecule has 0 radical (unpaired) electrons. The molecule has 0 fully saturated rings. The van der Waals surface area contributed by atoms with Gasteiger partial charge >= 0.3 is 5.97 Å². The Balaban J connectivity index is 1.45. The Hall–Kier alpha value is -2.64. The van der Waals surface area contributed by atoms with E-state index in [-0.39, 0.29) is 5.97 Å². The van der Waals surface area contributed by atoms with E-state index in [9.17, 15) is 4.79 Å². The highest BCUT2D eigenvalue weighted by atomic mass is 32.2. The lowest BCUT2D eigenvalue weighted by Crippen LogP contribution is -2.00. The van der Waals surface area contributed by atoms with Crippen LogP contribution in [0.4, 0.5) is 0 Å². The van der Waals surface area contributed by atoms with Crippen molar-refractivity contribution >= 4 is 40.1 Å². The van der Waals surface area contributed by atoms with Gasteiger partial charge in [0.05, 0.1) is 29.4 Å². The number of ether oxygens (including phenoxy) is 1. The second kappa shape index (κ2) is 7.31. The number of esters is 1. The largest absolute Gasteiger partial charge is 0.465 e. The quantitative estimate of drug-likeness (QED) is 0.398. The molecule has 0 spiro atoms. The first-order valence-electron chi connectivity index (χ1n) is 7.93. The van der Waals surface area contributed by atoms with E-state index in [0.29, 0.717) is 5.56 Å². The number of rotatable bonds is 5. The standard InChI is InChI=1S/C19H15N3O2S2/c1-24-18(23)13-8-6-12(7-9-13)17-20-14(10-25-17)11-26-19-21-15-4-2-3-5-16(15)22-19/h2-10H,11H2,1H3,(H,21,22). The lowest BCUT2D eigenvalue weighted by molar-refractivity contribution is 0.0601. The van der Waals surface area contributed by atoms with Gasteiger partial charge in [-0.25, -0.2) is 14.8 Å². The number of fused-ring (bicyclic) bond motifs is 1. The van der Waals surface area contributed by atoms with Crippen LogP contribution in [0.1, 0.15) is 16.1 Å². The van der Waals surface area contributed by atoms with Crippen molar-refractivity contribution in [1.82, 2.24) is 15.0 Å². The van der Waals surface area contributed by atoms with Crippen molar-refractivity contribution in [3.05, 3.63) is 65.2 Å². The summed E-state index contributed by atoms with van der Waals surface area (Å²) in [6.07, 6.45) is 0. The highest BCUT2D eigenvalue weighted by Gasteiger charge is 2.09. The van der Waals surface area contributed by atoms with Crippen LogP contribution in [-0.4, -0.2) is 28.0 Å². The number of nitrogens with zero attached hydrogens (tertiary/aromatic N) is 2. The molecule has 2 aromatic carbocycles. The molecule has 2 aromatic heterocycles. The first-order valence-corrected chi connectivity index (χ1v) is 9.80.